The number of carbonyl (C=O) groups is 1. The van der Waals surface area contributed by atoms with Gasteiger partial charge in [0.15, 0.2) is 17.1 Å². The Bertz CT molecular complexity index is 904. The molecular weight excluding hydrogens is 342 g/mol. The van der Waals surface area contributed by atoms with Crippen LogP contribution in [-0.2, 0) is 0 Å². The molecule has 0 fully saturated rings. The van der Waals surface area contributed by atoms with E-state index in [1.54, 1.807) is 25.3 Å². The van der Waals surface area contributed by atoms with Crippen LogP contribution in [-0.4, -0.2) is 26.2 Å². The van der Waals surface area contributed by atoms with Crippen molar-refractivity contribution in [3.8, 4) is 11.5 Å². The SMILES string of the molecule is COc1cccc2cc(C(=O)NCCOc3ccc(C)c(Cl)c3)oc12. The number of methoxy groups -OCH3 is 1. The van der Waals surface area contributed by atoms with Gasteiger partial charge in [-0.25, -0.2) is 0 Å². The number of rotatable bonds is 6. The molecule has 0 bridgehead atoms. The summed E-state index contributed by atoms with van der Waals surface area (Å²) in [7, 11) is 1.56. The molecule has 25 heavy (non-hydrogen) atoms. The summed E-state index contributed by atoms with van der Waals surface area (Å²) < 4.78 is 16.4. The highest BCUT2D eigenvalue weighted by molar-refractivity contribution is 6.31. The minimum Gasteiger partial charge on any atom is -0.493 e. The number of benzene rings is 2. The highest BCUT2D eigenvalue weighted by atomic mass is 35.5. The molecule has 5 nitrogen and oxygen atoms in total. The molecule has 0 aliphatic carbocycles. The third kappa shape index (κ3) is 3.88. The van der Waals surface area contributed by atoms with E-state index in [2.05, 4.69) is 5.32 Å². The standard InChI is InChI=1S/C19H18ClNO4/c1-12-6-7-14(11-15(12)20)24-9-8-21-19(22)17-10-13-4-3-5-16(23-2)18(13)25-17/h3-7,10-11H,8-9H2,1-2H3,(H,21,22). The average Bonchev–Trinajstić information content (AvgIpc) is 3.05. The van der Waals surface area contributed by atoms with Crippen molar-refractivity contribution in [3.05, 3.63) is 58.8 Å². The molecule has 130 valence electrons. The molecule has 0 aliphatic rings. The summed E-state index contributed by atoms with van der Waals surface area (Å²) in [5, 5.41) is 4.23. The van der Waals surface area contributed by atoms with Crippen LogP contribution >= 0.6 is 11.6 Å². The lowest BCUT2D eigenvalue weighted by Crippen LogP contribution is -2.27. The Morgan fingerprint density at radius 1 is 1.24 bits per heavy atom. The molecule has 0 aliphatic heterocycles. The average molecular weight is 360 g/mol. The summed E-state index contributed by atoms with van der Waals surface area (Å²) >= 11 is 6.05. The summed E-state index contributed by atoms with van der Waals surface area (Å²) in [5.41, 5.74) is 1.54. The Kier molecular flexibility index (Phi) is 5.14. The molecule has 0 saturated heterocycles. The smallest absolute Gasteiger partial charge is 0.287 e. The lowest BCUT2D eigenvalue weighted by molar-refractivity contribution is 0.0921. The van der Waals surface area contributed by atoms with Crippen molar-refractivity contribution in [2.45, 2.75) is 6.92 Å². The Balaban J connectivity index is 1.56. The molecule has 0 atom stereocenters. The van der Waals surface area contributed by atoms with Gasteiger partial charge in [-0.1, -0.05) is 29.8 Å². The maximum atomic E-state index is 12.2. The van der Waals surface area contributed by atoms with E-state index in [1.807, 2.05) is 31.2 Å². The van der Waals surface area contributed by atoms with Crippen LogP contribution in [0.15, 0.2) is 46.9 Å². The van der Waals surface area contributed by atoms with Crippen molar-refractivity contribution in [2.75, 3.05) is 20.3 Å². The van der Waals surface area contributed by atoms with E-state index < -0.39 is 0 Å². The summed E-state index contributed by atoms with van der Waals surface area (Å²) in [6.45, 7) is 2.60. The van der Waals surface area contributed by atoms with E-state index in [0.717, 1.165) is 10.9 Å². The second kappa shape index (κ2) is 7.49. The molecule has 3 aromatic rings. The Morgan fingerprint density at radius 3 is 2.84 bits per heavy atom. The maximum absolute atomic E-state index is 12.2. The van der Waals surface area contributed by atoms with Crippen molar-refractivity contribution in [2.24, 2.45) is 0 Å². The molecule has 6 heteroatoms. The fourth-order valence-electron chi connectivity index (χ4n) is 2.39. The van der Waals surface area contributed by atoms with Crippen molar-refractivity contribution in [3.63, 3.8) is 0 Å². The topological polar surface area (TPSA) is 60.7 Å². The second-order valence-corrected chi connectivity index (χ2v) is 5.91. The zero-order valence-corrected chi connectivity index (χ0v) is 14.7. The third-order valence-corrected chi connectivity index (χ3v) is 4.16. The minimum atomic E-state index is -0.302. The zero-order chi connectivity index (χ0) is 17.8. The normalized spacial score (nSPS) is 10.7. The molecule has 1 N–H and O–H groups in total. The Morgan fingerprint density at radius 2 is 2.08 bits per heavy atom. The largest absolute Gasteiger partial charge is 0.493 e. The van der Waals surface area contributed by atoms with Gasteiger partial charge in [0.1, 0.15) is 12.4 Å². The van der Waals surface area contributed by atoms with Crippen molar-refractivity contribution in [1.29, 1.82) is 0 Å². The first-order valence-electron chi connectivity index (χ1n) is 7.82. The van der Waals surface area contributed by atoms with Gasteiger partial charge in [0.05, 0.1) is 13.7 Å². The van der Waals surface area contributed by atoms with Crippen LogP contribution in [0.1, 0.15) is 16.1 Å². The number of para-hydroxylation sites is 1. The first-order chi connectivity index (χ1) is 12.1. The number of ether oxygens (including phenoxy) is 2. The molecule has 0 saturated carbocycles. The van der Waals surface area contributed by atoms with Crippen LogP contribution in [0.5, 0.6) is 11.5 Å². The van der Waals surface area contributed by atoms with Crippen molar-refractivity contribution < 1.29 is 18.7 Å². The van der Waals surface area contributed by atoms with Gasteiger partial charge in [-0.3, -0.25) is 4.79 Å². The number of fused-ring (bicyclic) bond motifs is 1. The lowest BCUT2D eigenvalue weighted by Gasteiger charge is -2.08. The first-order valence-corrected chi connectivity index (χ1v) is 8.20. The van der Waals surface area contributed by atoms with Crippen LogP contribution in [0.3, 0.4) is 0 Å². The molecule has 0 spiro atoms. The van der Waals surface area contributed by atoms with Gasteiger partial charge in [-0.2, -0.15) is 0 Å². The van der Waals surface area contributed by atoms with Crippen molar-refractivity contribution in [1.82, 2.24) is 5.32 Å². The van der Waals surface area contributed by atoms with Gasteiger partial charge < -0.3 is 19.2 Å². The fraction of sp³-hybridized carbons (Fsp3) is 0.211. The van der Waals surface area contributed by atoms with Gasteiger partial charge >= 0.3 is 0 Å². The molecule has 2 aromatic carbocycles. The van der Waals surface area contributed by atoms with Gasteiger partial charge in [0, 0.05) is 10.4 Å². The van der Waals surface area contributed by atoms with Gasteiger partial charge in [-0.15, -0.1) is 0 Å². The van der Waals surface area contributed by atoms with E-state index in [-0.39, 0.29) is 11.7 Å². The Labute approximate surface area is 150 Å². The summed E-state index contributed by atoms with van der Waals surface area (Å²) in [5.74, 6) is 1.19. The molecule has 1 aromatic heterocycles. The lowest BCUT2D eigenvalue weighted by atomic mass is 10.2. The van der Waals surface area contributed by atoms with E-state index in [9.17, 15) is 4.79 Å². The third-order valence-electron chi connectivity index (χ3n) is 3.75. The number of halogens is 1. The number of carbonyl (C=O) groups excluding carboxylic acids is 1. The Hall–Kier alpha value is -2.66. The second-order valence-electron chi connectivity index (χ2n) is 5.50. The van der Waals surface area contributed by atoms with Crippen molar-refractivity contribution >= 4 is 28.5 Å². The quantitative estimate of drug-likeness (QED) is 0.670. The van der Waals surface area contributed by atoms with E-state index >= 15 is 0 Å². The molecular formula is C19H18ClNO4. The number of hydrogen-bond acceptors (Lipinski definition) is 4. The van der Waals surface area contributed by atoms with Gasteiger partial charge in [-0.05, 0) is 36.8 Å². The number of amides is 1. The summed E-state index contributed by atoms with van der Waals surface area (Å²) in [6, 6.07) is 12.7. The summed E-state index contributed by atoms with van der Waals surface area (Å²) in [4.78, 5) is 12.2. The van der Waals surface area contributed by atoms with Gasteiger partial charge in [0.2, 0.25) is 0 Å². The maximum Gasteiger partial charge on any atom is 0.287 e. The van der Waals surface area contributed by atoms with E-state index in [1.165, 1.54) is 0 Å². The number of hydrogen-bond donors (Lipinski definition) is 1. The van der Waals surface area contributed by atoms with Crippen LogP contribution in [0.4, 0.5) is 0 Å². The van der Waals surface area contributed by atoms with Crippen LogP contribution in [0, 0.1) is 6.92 Å². The highest BCUT2D eigenvalue weighted by Gasteiger charge is 2.14. The fourth-order valence-corrected chi connectivity index (χ4v) is 2.56. The predicted octanol–water partition coefficient (Wildman–Crippen LogP) is 4.21. The zero-order valence-electron chi connectivity index (χ0n) is 14.0. The van der Waals surface area contributed by atoms with E-state index in [0.29, 0.717) is 35.3 Å². The monoisotopic (exact) mass is 359 g/mol. The van der Waals surface area contributed by atoms with Crippen LogP contribution in [0.2, 0.25) is 5.02 Å². The molecule has 1 heterocycles. The number of nitrogens with one attached hydrogen (secondary N) is 1. The molecule has 0 radical (unpaired) electrons. The molecule has 0 unspecified atom stereocenters. The molecule has 1 amide bonds. The predicted molar refractivity (Wildman–Crippen MR) is 96.8 cm³/mol. The number of furan rings is 1. The molecule has 3 rings (SSSR count). The van der Waals surface area contributed by atoms with Gasteiger partial charge in [0.25, 0.3) is 5.91 Å². The highest BCUT2D eigenvalue weighted by Crippen LogP contribution is 2.28. The van der Waals surface area contributed by atoms with E-state index in [4.69, 9.17) is 25.5 Å². The minimum absolute atomic E-state index is 0.234. The summed E-state index contributed by atoms with van der Waals surface area (Å²) in [6.07, 6.45) is 0. The van der Waals surface area contributed by atoms with Crippen LogP contribution < -0.4 is 14.8 Å². The van der Waals surface area contributed by atoms with Crippen LogP contribution in [0.25, 0.3) is 11.0 Å². The number of aryl methyl sites for hydroxylation is 1. The first kappa shape index (κ1) is 17.2.